The van der Waals surface area contributed by atoms with Crippen LogP contribution in [0.15, 0.2) is 18.2 Å². The van der Waals surface area contributed by atoms with Gasteiger partial charge in [-0.3, -0.25) is 9.69 Å². The molecular weight excluding hydrogens is 489 g/mol. The lowest BCUT2D eigenvalue weighted by molar-refractivity contribution is -0.150. The zero-order valence-corrected chi connectivity index (χ0v) is 23.9. The molecule has 4 rings (SSSR count). The number of halogens is 2. The van der Waals surface area contributed by atoms with Gasteiger partial charge in [0.25, 0.3) is 0 Å². The van der Waals surface area contributed by atoms with Gasteiger partial charge in [-0.05, 0) is 49.3 Å². The smallest absolute Gasteiger partial charge is 0.306 e. The zero-order valence-electron chi connectivity index (χ0n) is 22.4. The van der Waals surface area contributed by atoms with Crippen LogP contribution in [0.2, 0.25) is 10.0 Å². The maximum Gasteiger partial charge on any atom is 0.306 e. The molecule has 0 saturated carbocycles. The second kappa shape index (κ2) is 14.4. The minimum Gasteiger partial charge on any atom is -0.461 e. The summed E-state index contributed by atoms with van der Waals surface area (Å²) in [5.74, 6) is 0.766. The van der Waals surface area contributed by atoms with E-state index < -0.39 is 0 Å². The van der Waals surface area contributed by atoms with Crippen LogP contribution in [0.1, 0.15) is 128 Å². The molecule has 0 aromatic heterocycles. The first-order chi connectivity index (χ1) is 17.6. The van der Waals surface area contributed by atoms with Gasteiger partial charge in [-0.2, -0.15) is 0 Å². The molecule has 36 heavy (non-hydrogen) atoms. The van der Waals surface area contributed by atoms with Crippen LogP contribution in [0, 0.1) is 5.92 Å². The molecule has 1 aromatic rings. The zero-order chi connectivity index (χ0) is 25.3. The maximum absolute atomic E-state index is 12.8. The van der Waals surface area contributed by atoms with Gasteiger partial charge in [0.15, 0.2) is 0 Å². The summed E-state index contributed by atoms with van der Waals surface area (Å²) in [6.07, 6.45) is 21.3. The van der Waals surface area contributed by atoms with Gasteiger partial charge in [-0.15, -0.1) is 0 Å². The SMILES string of the molecule is CCCCCCCCCCCCCCCC(=O)O[C@H]1CN2[C@@H]3CC[C@H]2[C@H]1[C@H](c1ccc(Cl)c(Cl)c1)C3. The van der Waals surface area contributed by atoms with Crippen LogP contribution in [0.5, 0.6) is 0 Å². The predicted octanol–water partition coefficient (Wildman–Crippen LogP) is 9.34. The van der Waals surface area contributed by atoms with Crippen LogP contribution in [0.3, 0.4) is 0 Å². The largest absolute Gasteiger partial charge is 0.461 e. The summed E-state index contributed by atoms with van der Waals surface area (Å²) >= 11 is 12.5. The van der Waals surface area contributed by atoms with Crippen LogP contribution < -0.4 is 0 Å². The summed E-state index contributed by atoms with van der Waals surface area (Å²) in [5, 5.41) is 1.23. The van der Waals surface area contributed by atoms with Gasteiger partial charge in [0.05, 0.1) is 10.0 Å². The fraction of sp³-hybridized carbons (Fsp3) is 0.774. The average Bonchev–Trinajstić information content (AvgIpc) is 3.28. The Morgan fingerprint density at radius 1 is 0.889 bits per heavy atom. The molecule has 4 bridgehead atoms. The van der Waals surface area contributed by atoms with Crippen molar-refractivity contribution in [3.05, 3.63) is 33.8 Å². The van der Waals surface area contributed by atoms with Crippen molar-refractivity contribution < 1.29 is 9.53 Å². The standard InChI is InChI=1S/C31H47Cl2NO2/c1-2-3-4-5-6-7-8-9-10-11-12-13-14-15-30(35)36-29-22-34-24-17-19-28(34)31(29)25(21-24)23-16-18-26(32)27(33)20-23/h16,18,20,24-25,28-29,31H,2-15,17,19,21-22H2,1H3/t24-,25+,28+,29+,31-/m1/s1. The van der Waals surface area contributed by atoms with E-state index in [1.807, 2.05) is 12.1 Å². The van der Waals surface area contributed by atoms with Crippen LogP contribution >= 0.6 is 23.2 Å². The van der Waals surface area contributed by atoms with Crippen molar-refractivity contribution in [3.8, 4) is 0 Å². The number of benzene rings is 1. The Morgan fingerprint density at radius 3 is 2.17 bits per heavy atom. The normalized spacial score (nSPS) is 28.5. The van der Waals surface area contributed by atoms with Gasteiger partial charge in [-0.1, -0.05) is 113 Å². The van der Waals surface area contributed by atoms with E-state index in [4.69, 9.17) is 27.9 Å². The Labute approximate surface area is 229 Å². The number of carbonyl (C=O) groups is 1. The summed E-state index contributed by atoms with van der Waals surface area (Å²) in [6.45, 7) is 3.18. The molecule has 1 aromatic carbocycles. The summed E-state index contributed by atoms with van der Waals surface area (Å²) in [6, 6.07) is 7.22. The van der Waals surface area contributed by atoms with Gasteiger partial charge < -0.3 is 4.74 Å². The molecule has 3 heterocycles. The van der Waals surface area contributed by atoms with Crippen molar-refractivity contribution in [1.29, 1.82) is 0 Å². The van der Waals surface area contributed by atoms with E-state index in [1.165, 1.54) is 89.0 Å². The van der Waals surface area contributed by atoms with Crippen LogP contribution in [-0.2, 0) is 9.53 Å². The third-order valence-electron chi connectivity index (χ3n) is 9.08. The molecule has 6 atom stereocenters. The molecule has 0 radical (unpaired) electrons. The Balaban J connectivity index is 1.13. The topological polar surface area (TPSA) is 29.5 Å². The van der Waals surface area contributed by atoms with E-state index in [-0.39, 0.29) is 12.1 Å². The number of esters is 1. The number of hydrogen-bond donors (Lipinski definition) is 0. The number of ether oxygens (including phenoxy) is 1. The molecule has 0 N–H and O–H groups in total. The minimum absolute atomic E-state index is 0.000542. The minimum atomic E-state index is 0.000542. The summed E-state index contributed by atoms with van der Waals surface area (Å²) < 4.78 is 6.15. The van der Waals surface area contributed by atoms with Crippen LogP contribution in [0.25, 0.3) is 0 Å². The third kappa shape index (κ3) is 7.41. The van der Waals surface area contributed by atoms with Gasteiger partial charge >= 0.3 is 5.97 Å². The van der Waals surface area contributed by atoms with Gasteiger partial charge in [0.2, 0.25) is 0 Å². The fourth-order valence-electron chi connectivity index (χ4n) is 7.20. The number of piperidine rings is 1. The highest BCUT2D eigenvalue weighted by molar-refractivity contribution is 6.42. The lowest BCUT2D eigenvalue weighted by Crippen LogP contribution is -2.41. The van der Waals surface area contributed by atoms with Crippen molar-refractivity contribution in [2.45, 2.75) is 140 Å². The Hall–Kier alpha value is -0.770. The number of rotatable bonds is 16. The molecule has 3 aliphatic heterocycles. The molecular formula is C31H47Cl2NO2. The van der Waals surface area contributed by atoms with E-state index in [9.17, 15) is 4.79 Å². The predicted molar refractivity (Wildman–Crippen MR) is 151 cm³/mol. The molecule has 0 spiro atoms. The number of unbranched alkanes of at least 4 members (excludes halogenated alkanes) is 12. The Bertz CT molecular complexity index is 831. The molecule has 3 saturated heterocycles. The first kappa shape index (κ1) is 28.2. The highest BCUT2D eigenvalue weighted by atomic mass is 35.5. The third-order valence-corrected chi connectivity index (χ3v) is 9.82. The monoisotopic (exact) mass is 535 g/mol. The molecule has 5 heteroatoms. The second-order valence-corrected chi connectivity index (χ2v) is 12.4. The average molecular weight is 537 g/mol. The van der Waals surface area contributed by atoms with Crippen LogP contribution in [0.4, 0.5) is 0 Å². The number of nitrogens with zero attached hydrogens (tertiary/aromatic N) is 1. The number of carbonyl (C=O) groups excluding carboxylic acids is 1. The Kier molecular flexibility index (Phi) is 11.3. The van der Waals surface area contributed by atoms with E-state index in [0.717, 1.165) is 25.8 Å². The molecule has 3 aliphatic rings. The van der Waals surface area contributed by atoms with E-state index >= 15 is 0 Å². The first-order valence-corrected chi connectivity index (χ1v) is 15.7. The van der Waals surface area contributed by atoms with E-state index in [1.54, 1.807) is 0 Å². The van der Waals surface area contributed by atoms with E-state index in [2.05, 4.69) is 17.9 Å². The van der Waals surface area contributed by atoms with Crippen molar-refractivity contribution in [2.75, 3.05) is 6.54 Å². The van der Waals surface area contributed by atoms with Crippen molar-refractivity contribution in [1.82, 2.24) is 4.90 Å². The second-order valence-electron chi connectivity index (χ2n) is 11.6. The lowest BCUT2D eigenvalue weighted by atomic mass is 9.76. The van der Waals surface area contributed by atoms with Crippen molar-refractivity contribution in [2.24, 2.45) is 5.92 Å². The molecule has 0 aliphatic carbocycles. The maximum atomic E-state index is 12.8. The molecule has 1 unspecified atom stereocenters. The van der Waals surface area contributed by atoms with Crippen molar-refractivity contribution in [3.63, 3.8) is 0 Å². The summed E-state index contributed by atoms with van der Waals surface area (Å²) in [5.41, 5.74) is 1.25. The highest BCUT2D eigenvalue weighted by Crippen LogP contribution is 2.53. The summed E-state index contributed by atoms with van der Waals surface area (Å²) in [7, 11) is 0. The number of hydrogen-bond acceptors (Lipinski definition) is 3. The molecule has 0 amide bonds. The lowest BCUT2D eigenvalue weighted by Gasteiger charge is -2.37. The summed E-state index contributed by atoms with van der Waals surface area (Å²) in [4.78, 5) is 15.4. The van der Waals surface area contributed by atoms with E-state index in [0.29, 0.717) is 40.4 Å². The quantitative estimate of drug-likeness (QED) is 0.156. The van der Waals surface area contributed by atoms with Gasteiger partial charge in [0.1, 0.15) is 6.10 Å². The molecule has 3 fully saturated rings. The molecule has 202 valence electrons. The van der Waals surface area contributed by atoms with Crippen molar-refractivity contribution >= 4 is 29.2 Å². The van der Waals surface area contributed by atoms with Gasteiger partial charge in [-0.25, -0.2) is 0 Å². The fourth-order valence-corrected chi connectivity index (χ4v) is 7.51. The van der Waals surface area contributed by atoms with Crippen LogP contribution in [-0.4, -0.2) is 35.6 Å². The Morgan fingerprint density at radius 2 is 1.53 bits per heavy atom. The molecule has 3 nitrogen and oxygen atoms in total. The van der Waals surface area contributed by atoms with Gasteiger partial charge in [0, 0.05) is 31.0 Å². The highest BCUT2D eigenvalue weighted by Gasteiger charge is 2.56. The first-order valence-electron chi connectivity index (χ1n) is 15.0.